The van der Waals surface area contributed by atoms with Crippen molar-refractivity contribution < 1.29 is 9.15 Å². The molecular weight excluding hydrogens is 318 g/mol. The topological polar surface area (TPSA) is 35.3 Å². The van der Waals surface area contributed by atoms with Crippen molar-refractivity contribution in [1.29, 1.82) is 0 Å². The van der Waals surface area contributed by atoms with Gasteiger partial charge in [0, 0.05) is 10.0 Å². The van der Waals surface area contributed by atoms with E-state index in [-0.39, 0.29) is 0 Å². The molecule has 0 radical (unpaired) electrons. The normalized spacial score (nSPS) is 10.4. The van der Waals surface area contributed by atoms with Gasteiger partial charge in [-0.3, -0.25) is 0 Å². The number of benzene rings is 2. The van der Waals surface area contributed by atoms with Crippen LogP contribution in [0.5, 0.6) is 5.75 Å². The minimum Gasteiger partial charge on any atom is -0.487 e. The molecule has 0 bridgehead atoms. The van der Waals surface area contributed by atoms with Crippen LogP contribution in [0.4, 0.5) is 0 Å². The molecule has 3 nitrogen and oxygen atoms in total. The Morgan fingerprint density at radius 2 is 1.90 bits per heavy atom. The Labute approximate surface area is 125 Å². The average Bonchev–Trinajstić information content (AvgIpc) is 2.95. The largest absolute Gasteiger partial charge is 0.487 e. The fraction of sp³-hybridized carbons (Fsp3) is 0.0625. The zero-order valence-electron chi connectivity index (χ0n) is 10.6. The number of rotatable bonds is 4. The Morgan fingerprint density at radius 1 is 1.05 bits per heavy atom. The minimum atomic E-state index is 0.382. The van der Waals surface area contributed by atoms with E-state index in [0.717, 1.165) is 21.5 Å². The van der Waals surface area contributed by atoms with Gasteiger partial charge in [-0.15, -0.1) is 0 Å². The number of halogens is 1. The van der Waals surface area contributed by atoms with Crippen molar-refractivity contribution in [3.8, 4) is 17.2 Å². The van der Waals surface area contributed by atoms with E-state index in [1.165, 1.54) is 0 Å². The summed E-state index contributed by atoms with van der Waals surface area (Å²) in [5, 5.41) is 0. The minimum absolute atomic E-state index is 0.382. The van der Waals surface area contributed by atoms with E-state index in [1.807, 2.05) is 54.6 Å². The van der Waals surface area contributed by atoms with E-state index in [0.29, 0.717) is 12.5 Å². The molecule has 1 heterocycles. The summed E-state index contributed by atoms with van der Waals surface area (Å²) in [7, 11) is 0. The molecule has 0 aliphatic rings. The lowest BCUT2D eigenvalue weighted by Gasteiger charge is -2.03. The third-order valence-corrected chi connectivity index (χ3v) is 3.25. The molecule has 2 aromatic carbocycles. The third kappa shape index (κ3) is 3.08. The number of aromatic nitrogens is 1. The summed E-state index contributed by atoms with van der Waals surface area (Å²) in [5.41, 5.74) is 1.73. The summed E-state index contributed by atoms with van der Waals surface area (Å²) < 4.78 is 12.1. The van der Waals surface area contributed by atoms with E-state index >= 15 is 0 Å². The Bertz CT molecular complexity index is 694. The van der Waals surface area contributed by atoms with Crippen LogP contribution in [0, 0.1) is 0 Å². The Hall–Kier alpha value is -2.07. The number of oxazole rings is 1. The summed E-state index contributed by atoms with van der Waals surface area (Å²) in [4.78, 5) is 4.41. The molecule has 100 valence electrons. The highest BCUT2D eigenvalue weighted by Crippen LogP contribution is 2.21. The smallest absolute Gasteiger partial charge is 0.226 e. The van der Waals surface area contributed by atoms with Gasteiger partial charge in [-0.25, -0.2) is 4.98 Å². The summed E-state index contributed by atoms with van der Waals surface area (Å²) >= 11 is 3.41. The fourth-order valence-corrected chi connectivity index (χ4v) is 2.18. The molecule has 4 heteroatoms. The second-order valence-corrected chi connectivity index (χ2v) is 5.17. The van der Waals surface area contributed by atoms with Crippen LogP contribution in [0.2, 0.25) is 0 Å². The van der Waals surface area contributed by atoms with Gasteiger partial charge >= 0.3 is 0 Å². The number of hydrogen-bond donors (Lipinski definition) is 0. The maximum atomic E-state index is 5.67. The van der Waals surface area contributed by atoms with Crippen LogP contribution in [0.15, 0.2) is 69.8 Å². The number of hydrogen-bond acceptors (Lipinski definition) is 3. The van der Waals surface area contributed by atoms with Crippen LogP contribution in [-0.4, -0.2) is 4.98 Å². The molecule has 0 saturated heterocycles. The van der Waals surface area contributed by atoms with Crippen LogP contribution in [0.3, 0.4) is 0 Å². The van der Waals surface area contributed by atoms with Gasteiger partial charge in [-0.1, -0.05) is 40.2 Å². The second-order valence-electron chi connectivity index (χ2n) is 4.26. The molecule has 0 atom stereocenters. The fourth-order valence-electron chi connectivity index (χ4n) is 1.80. The van der Waals surface area contributed by atoms with Crippen molar-refractivity contribution in [1.82, 2.24) is 4.98 Å². The maximum absolute atomic E-state index is 5.67. The quantitative estimate of drug-likeness (QED) is 0.696. The second kappa shape index (κ2) is 5.92. The molecular formula is C16H12BrNO2. The predicted molar refractivity (Wildman–Crippen MR) is 80.4 cm³/mol. The van der Waals surface area contributed by atoms with Crippen LogP contribution in [0.1, 0.15) is 5.69 Å². The molecule has 0 fully saturated rings. The number of nitrogens with zero attached hydrogens (tertiary/aromatic N) is 1. The highest BCUT2D eigenvalue weighted by molar-refractivity contribution is 9.10. The van der Waals surface area contributed by atoms with Crippen LogP contribution in [0.25, 0.3) is 11.5 Å². The zero-order chi connectivity index (χ0) is 13.8. The van der Waals surface area contributed by atoms with E-state index in [2.05, 4.69) is 20.9 Å². The van der Waals surface area contributed by atoms with Crippen LogP contribution in [-0.2, 0) is 6.61 Å². The molecule has 0 aliphatic carbocycles. The Morgan fingerprint density at radius 3 is 2.70 bits per heavy atom. The maximum Gasteiger partial charge on any atom is 0.226 e. The summed E-state index contributed by atoms with van der Waals surface area (Å²) in [6.45, 7) is 0.382. The van der Waals surface area contributed by atoms with Crippen molar-refractivity contribution in [3.05, 3.63) is 71.0 Å². The van der Waals surface area contributed by atoms with Crippen molar-refractivity contribution >= 4 is 15.9 Å². The molecule has 3 aromatic rings. The zero-order valence-corrected chi connectivity index (χ0v) is 12.2. The molecule has 3 rings (SSSR count). The lowest BCUT2D eigenvalue weighted by atomic mass is 10.2. The SMILES string of the molecule is Brc1cccc(OCc2coc(-c3ccccc3)n2)c1. The third-order valence-electron chi connectivity index (χ3n) is 2.76. The number of ether oxygens (including phenoxy) is 1. The molecule has 0 saturated carbocycles. The molecule has 0 aliphatic heterocycles. The van der Waals surface area contributed by atoms with Gasteiger partial charge in [0.15, 0.2) is 0 Å². The molecule has 0 unspecified atom stereocenters. The summed E-state index contributed by atoms with van der Waals surface area (Å²) in [5.74, 6) is 1.40. The van der Waals surface area contributed by atoms with Crippen molar-refractivity contribution in [2.45, 2.75) is 6.61 Å². The first-order chi connectivity index (χ1) is 9.81. The van der Waals surface area contributed by atoms with E-state index < -0.39 is 0 Å². The predicted octanol–water partition coefficient (Wildman–Crippen LogP) is 4.68. The highest BCUT2D eigenvalue weighted by Gasteiger charge is 2.06. The molecule has 0 spiro atoms. The van der Waals surface area contributed by atoms with Gasteiger partial charge in [0.2, 0.25) is 5.89 Å². The van der Waals surface area contributed by atoms with Gasteiger partial charge in [0.25, 0.3) is 0 Å². The molecule has 1 aromatic heterocycles. The molecule has 20 heavy (non-hydrogen) atoms. The van der Waals surface area contributed by atoms with Gasteiger partial charge in [0.05, 0.1) is 0 Å². The average molecular weight is 330 g/mol. The summed E-state index contributed by atoms with van der Waals surface area (Å²) in [6, 6.07) is 17.5. The lowest BCUT2D eigenvalue weighted by Crippen LogP contribution is -1.95. The first-order valence-corrected chi connectivity index (χ1v) is 6.99. The van der Waals surface area contributed by atoms with Crippen LogP contribution < -0.4 is 4.74 Å². The van der Waals surface area contributed by atoms with Gasteiger partial charge in [-0.2, -0.15) is 0 Å². The summed E-state index contributed by atoms with van der Waals surface area (Å²) in [6.07, 6.45) is 1.63. The highest BCUT2D eigenvalue weighted by atomic mass is 79.9. The van der Waals surface area contributed by atoms with E-state index in [4.69, 9.17) is 9.15 Å². The van der Waals surface area contributed by atoms with Gasteiger partial charge < -0.3 is 9.15 Å². The lowest BCUT2D eigenvalue weighted by molar-refractivity contribution is 0.301. The first kappa shape index (κ1) is 12.9. The van der Waals surface area contributed by atoms with Crippen molar-refractivity contribution in [2.75, 3.05) is 0 Å². The standard InChI is InChI=1S/C16H12BrNO2/c17-13-7-4-8-15(9-13)19-10-14-11-20-16(18-14)12-5-2-1-3-6-12/h1-9,11H,10H2. The van der Waals surface area contributed by atoms with E-state index in [1.54, 1.807) is 6.26 Å². The van der Waals surface area contributed by atoms with Gasteiger partial charge in [-0.05, 0) is 30.3 Å². The Kier molecular flexibility index (Phi) is 3.83. The first-order valence-electron chi connectivity index (χ1n) is 6.19. The van der Waals surface area contributed by atoms with Gasteiger partial charge in [0.1, 0.15) is 24.3 Å². The molecule has 0 amide bonds. The van der Waals surface area contributed by atoms with E-state index in [9.17, 15) is 0 Å². The van der Waals surface area contributed by atoms with Crippen molar-refractivity contribution in [2.24, 2.45) is 0 Å². The Balaban J connectivity index is 1.69. The van der Waals surface area contributed by atoms with Crippen LogP contribution >= 0.6 is 15.9 Å². The monoisotopic (exact) mass is 329 g/mol. The molecule has 0 N–H and O–H groups in total. The van der Waals surface area contributed by atoms with Crippen molar-refractivity contribution in [3.63, 3.8) is 0 Å².